The topological polar surface area (TPSA) is 38.7 Å². The first-order valence-corrected chi connectivity index (χ1v) is 7.02. The van der Waals surface area contributed by atoms with Gasteiger partial charge >= 0.3 is 5.97 Å². The molecule has 2 aromatic rings. The number of carbonyl (C=O) groups excluding carboxylic acids is 1. The Morgan fingerprint density at radius 3 is 2.64 bits per heavy atom. The van der Waals surface area contributed by atoms with E-state index < -0.39 is 11.8 Å². The molecule has 0 aromatic heterocycles. The van der Waals surface area contributed by atoms with Crippen LogP contribution in [0.1, 0.15) is 11.1 Å². The zero-order valence-corrected chi connectivity index (χ0v) is 12.5. The molecule has 0 fully saturated rings. The zero-order chi connectivity index (χ0) is 15.7. The molecular formula is C16H8Cl2FNO2. The Morgan fingerprint density at radius 1 is 1.09 bits per heavy atom. The number of nitrogens with zero attached hydrogens (tertiary/aromatic N) is 1. The maximum atomic E-state index is 13.2. The van der Waals surface area contributed by atoms with Crippen molar-refractivity contribution in [2.45, 2.75) is 0 Å². The lowest BCUT2D eigenvalue weighted by atomic mass is 10.2. The van der Waals surface area contributed by atoms with E-state index in [1.807, 2.05) is 0 Å². The van der Waals surface area contributed by atoms with Gasteiger partial charge in [0.1, 0.15) is 5.82 Å². The van der Waals surface area contributed by atoms with Gasteiger partial charge in [-0.2, -0.15) is 0 Å². The number of esters is 1. The maximum Gasteiger partial charge on any atom is 0.363 e. The Morgan fingerprint density at radius 2 is 1.91 bits per heavy atom. The van der Waals surface area contributed by atoms with E-state index in [-0.39, 0.29) is 11.6 Å². The second kappa shape index (κ2) is 5.91. The quantitative estimate of drug-likeness (QED) is 0.599. The number of cyclic esters (lactones) is 1. The molecule has 0 N–H and O–H groups in total. The van der Waals surface area contributed by atoms with Gasteiger partial charge in [0.2, 0.25) is 5.90 Å². The maximum absolute atomic E-state index is 13.2. The summed E-state index contributed by atoms with van der Waals surface area (Å²) in [4.78, 5) is 16.0. The lowest BCUT2D eigenvalue weighted by Gasteiger charge is -2.01. The van der Waals surface area contributed by atoms with Gasteiger partial charge in [-0.05, 0) is 42.0 Å². The minimum absolute atomic E-state index is 0.0895. The third-order valence-electron chi connectivity index (χ3n) is 2.94. The fraction of sp³-hybridized carbons (Fsp3) is 0. The van der Waals surface area contributed by atoms with E-state index in [0.29, 0.717) is 21.2 Å². The summed E-state index contributed by atoms with van der Waals surface area (Å²) in [5.74, 6) is -0.869. The summed E-state index contributed by atoms with van der Waals surface area (Å²) in [6.45, 7) is 0. The zero-order valence-electron chi connectivity index (χ0n) is 11.0. The Kier molecular flexibility index (Phi) is 3.96. The molecule has 1 heterocycles. The van der Waals surface area contributed by atoms with Crippen molar-refractivity contribution in [1.82, 2.24) is 0 Å². The smallest absolute Gasteiger partial charge is 0.363 e. The highest BCUT2D eigenvalue weighted by Gasteiger charge is 2.24. The Balaban J connectivity index is 1.96. The number of aliphatic imine (C=N–C) groups is 1. The van der Waals surface area contributed by atoms with Crippen LogP contribution in [0, 0.1) is 5.82 Å². The van der Waals surface area contributed by atoms with Crippen molar-refractivity contribution in [2.75, 3.05) is 0 Å². The molecule has 0 atom stereocenters. The molecule has 3 nitrogen and oxygen atoms in total. The first-order chi connectivity index (χ1) is 10.5. The third kappa shape index (κ3) is 3.03. The van der Waals surface area contributed by atoms with Crippen LogP contribution in [-0.4, -0.2) is 11.9 Å². The molecule has 3 rings (SSSR count). The fourth-order valence-electron chi connectivity index (χ4n) is 1.92. The number of rotatable bonds is 2. The van der Waals surface area contributed by atoms with Crippen LogP contribution in [-0.2, 0) is 9.53 Å². The van der Waals surface area contributed by atoms with E-state index in [4.69, 9.17) is 27.9 Å². The predicted molar refractivity (Wildman–Crippen MR) is 83.5 cm³/mol. The number of benzene rings is 2. The molecule has 0 spiro atoms. The molecule has 0 bridgehead atoms. The van der Waals surface area contributed by atoms with E-state index >= 15 is 0 Å². The van der Waals surface area contributed by atoms with Crippen molar-refractivity contribution in [3.8, 4) is 0 Å². The van der Waals surface area contributed by atoms with Crippen LogP contribution >= 0.6 is 23.2 Å². The standard InChI is InChI=1S/C16H8Cl2FNO2/c17-12-5-4-10(8-13(12)18)15-20-14(16(21)22-15)7-9-2-1-3-11(19)6-9/h1-8H/b14-7-. The first-order valence-electron chi connectivity index (χ1n) is 6.26. The average molecular weight is 336 g/mol. The number of carbonyl (C=O) groups is 1. The Labute approximate surface area is 135 Å². The normalized spacial score (nSPS) is 15.9. The van der Waals surface area contributed by atoms with Crippen LogP contribution in [0.3, 0.4) is 0 Å². The van der Waals surface area contributed by atoms with Crippen LogP contribution in [0.15, 0.2) is 53.2 Å². The molecule has 0 saturated carbocycles. The molecule has 6 heteroatoms. The van der Waals surface area contributed by atoms with Gasteiger partial charge in [-0.1, -0.05) is 35.3 Å². The van der Waals surface area contributed by atoms with Crippen molar-refractivity contribution in [2.24, 2.45) is 4.99 Å². The summed E-state index contributed by atoms with van der Waals surface area (Å²) in [5.41, 5.74) is 1.14. The van der Waals surface area contributed by atoms with Crippen molar-refractivity contribution < 1.29 is 13.9 Å². The van der Waals surface area contributed by atoms with E-state index in [2.05, 4.69) is 4.99 Å². The summed E-state index contributed by atoms with van der Waals surface area (Å²) in [7, 11) is 0. The number of halogens is 3. The van der Waals surface area contributed by atoms with Gasteiger partial charge in [-0.15, -0.1) is 0 Å². The van der Waals surface area contributed by atoms with E-state index in [9.17, 15) is 9.18 Å². The highest BCUT2D eigenvalue weighted by Crippen LogP contribution is 2.25. The monoisotopic (exact) mass is 335 g/mol. The van der Waals surface area contributed by atoms with Gasteiger partial charge in [-0.3, -0.25) is 0 Å². The molecule has 110 valence electrons. The van der Waals surface area contributed by atoms with Crippen molar-refractivity contribution in [3.63, 3.8) is 0 Å². The van der Waals surface area contributed by atoms with Gasteiger partial charge in [-0.25, -0.2) is 14.2 Å². The summed E-state index contributed by atoms with van der Waals surface area (Å²) in [5, 5.41) is 0.728. The summed E-state index contributed by atoms with van der Waals surface area (Å²) in [6.07, 6.45) is 1.45. The van der Waals surface area contributed by atoms with E-state index in [1.165, 1.54) is 18.2 Å². The summed E-state index contributed by atoms with van der Waals surface area (Å²) in [6, 6.07) is 10.6. The molecule has 0 saturated heterocycles. The number of hydrogen-bond acceptors (Lipinski definition) is 3. The largest absolute Gasteiger partial charge is 0.402 e. The molecule has 0 radical (unpaired) electrons. The lowest BCUT2D eigenvalue weighted by Crippen LogP contribution is -2.05. The van der Waals surface area contributed by atoms with Crippen LogP contribution in [0.25, 0.3) is 6.08 Å². The fourth-order valence-corrected chi connectivity index (χ4v) is 2.21. The molecule has 0 aliphatic carbocycles. The summed E-state index contributed by atoms with van der Waals surface area (Å²) >= 11 is 11.8. The van der Waals surface area contributed by atoms with Crippen LogP contribution in [0.5, 0.6) is 0 Å². The Bertz CT molecular complexity index is 831. The third-order valence-corrected chi connectivity index (χ3v) is 3.68. The molecular weight excluding hydrogens is 328 g/mol. The molecule has 0 unspecified atom stereocenters. The highest BCUT2D eigenvalue weighted by molar-refractivity contribution is 6.42. The minimum atomic E-state index is -0.606. The number of ether oxygens (including phenoxy) is 1. The summed E-state index contributed by atoms with van der Waals surface area (Å²) < 4.78 is 18.3. The van der Waals surface area contributed by atoms with E-state index in [0.717, 1.165) is 0 Å². The second-order valence-corrected chi connectivity index (χ2v) is 5.33. The van der Waals surface area contributed by atoms with Crippen LogP contribution in [0.2, 0.25) is 10.0 Å². The van der Waals surface area contributed by atoms with Crippen LogP contribution < -0.4 is 0 Å². The van der Waals surface area contributed by atoms with Gasteiger partial charge in [0.05, 0.1) is 10.0 Å². The van der Waals surface area contributed by atoms with Gasteiger partial charge in [0, 0.05) is 5.56 Å². The van der Waals surface area contributed by atoms with Crippen LogP contribution in [0.4, 0.5) is 4.39 Å². The second-order valence-electron chi connectivity index (χ2n) is 4.52. The molecule has 1 aliphatic heterocycles. The molecule has 0 amide bonds. The van der Waals surface area contributed by atoms with Gasteiger partial charge in [0.25, 0.3) is 0 Å². The van der Waals surface area contributed by atoms with Crippen molar-refractivity contribution in [1.29, 1.82) is 0 Å². The minimum Gasteiger partial charge on any atom is -0.402 e. The van der Waals surface area contributed by atoms with Gasteiger partial charge < -0.3 is 4.74 Å². The van der Waals surface area contributed by atoms with Crippen molar-refractivity contribution in [3.05, 3.63) is 75.2 Å². The predicted octanol–water partition coefficient (Wildman–Crippen LogP) is 4.48. The molecule has 22 heavy (non-hydrogen) atoms. The molecule has 2 aromatic carbocycles. The van der Waals surface area contributed by atoms with Crippen molar-refractivity contribution >= 4 is 41.1 Å². The highest BCUT2D eigenvalue weighted by atomic mass is 35.5. The average Bonchev–Trinajstić information content (AvgIpc) is 2.83. The lowest BCUT2D eigenvalue weighted by molar-refractivity contribution is -0.129. The number of hydrogen-bond donors (Lipinski definition) is 0. The van der Waals surface area contributed by atoms with Gasteiger partial charge in [0.15, 0.2) is 5.70 Å². The Hall–Kier alpha value is -2.17. The first kappa shape index (κ1) is 14.8. The SMILES string of the molecule is O=C1OC(c2ccc(Cl)c(Cl)c2)=N/C1=C\c1cccc(F)c1. The molecule has 1 aliphatic rings. The van der Waals surface area contributed by atoms with E-state index in [1.54, 1.807) is 30.3 Å².